The zero-order valence-electron chi connectivity index (χ0n) is 18.7. The third-order valence-corrected chi connectivity index (χ3v) is 5.81. The fourth-order valence-electron chi connectivity index (χ4n) is 4.39. The maximum atomic E-state index is 14.1. The monoisotopic (exact) mass is 445 g/mol. The maximum Gasteiger partial charge on any atom is 0.336 e. The van der Waals surface area contributed by atoms with Crippen LogP contribution in [0.1, 0.15) is 38.7 Å². The lowest BCUT2D eigenvalue weighted by molar-refractivity contribution is -0.151. The van der Waals surface area contributed by atoms with Crippen molar-refractivity contribution in [2.75, 3.05) is 26.9 Å². The molecule has 3 rings (SSSR count). The van der Waals surface area contributed by atoms with Crippen molar-refractivity contribution in [3.8, 4) is 0 Å². The lowest BCUT2D eigenvalue weighted by Crippen LogP contribution is -2.43. The van der Waals surface area contributed by atoms with Gasteiger partial charge in [-0.2, -0.15) is 0 Å². The molecule has 0 radical (unpaired) electrons. The third-order valence-electron chi connectivity index (χ3n) is 5.81. The predicted octanol–water partition coefficient (Wildman–Crippen LogP) is 3.02. The summed E-state index contributed by atoms with van der Waals surface area (Å²) in [6, 6.07) is 5.76. The second-order valence-corrected chi connectivity index (χ2v) is 7.92. The lowest BCUT2D eigenvalue weighted by Gasteiger charge is -2.38. The van der Waals surface area contributed by atoms with Gasteiger partial charge >= 0.3 is 11.9 Å². The van der Waals surface area contributed by atoms with Gasteiger partial charge < -0.3 is 19.5 Å². The van der Waals surface area contributed by atoms with Crippen molar-refractivity contribution in [1.29, 1.82) is 0 Å². The molecule has 1 heterocycles. The SMILES string of the molecule is CCOCCOC(=O)C1=C(C)NC2=C(C(=O)[C@H](C(=O)OC)[C@@H](C)C2)[C@@H]1c1cccc(F)c1. The van der Waals surface area contributed by atoms with Gasteiger partial charge in [0.2, 0.25) is 0 Å². The van der Waals surface area contributed by atoms with Crippen LogP contribution >= 0.6 is 0 Å². The van der Waals surface area contributed by atoms with Crippen LogP contribution in [0.3, 0.4) is 0 Å². The Bertz CT molecular complexity index is 982. The minimum Gasteiger partial charge on any atom is -0.468 e. The van der Waals surface area contributed by atoms with Crippen LogP contribution in [0, 0.1) is 17.7 Å². The van der Waals surface area contributed by atoms with Crippen LogP contribution in [0.25, 0.3) is 0 Å². The Hall–Kier alpha value is -3.00. The summed E-state index contributed by atoms with van der Waals surface area (Å²) in [5.74, 6) is -4.33. The van der Waals surface area contributed by atoms with Crippen molar-refractivity contribution >= 4 is 17.7 Å². The molecule has 0 bridgehead atoms. The average molecular weight is 445 g/mol. The number of ether oxygens (including phenoxy) is 3. The molecule has 1 aromatic rings. The molecular formula is C24H28FNO6. The summed E-state index contributed by atoms with van der Waals surface area (Å²) in [5.41, 5.74) is 2.06. The van der Waals surface area contributed by atoms with E-state index in [0.29, 0.717) is 30.0 Å². The van der Waals surface area contributed by atoms with Crippen LogP contribution in [0.4, 0.5) is 4.39 Å². The minimum absolute atomic E-state index is 0.0427. The molecule has 0 aromatic heterocycles. The smallest absolute Gasteiger partial charge is 0.336 e. The van der Waals surface area contributed by atoms with Gasteiger partial charge in [-0.15, -0.1) is 0 Å². The summed E-state index contributed by atoms with van der Waals surface area (Å²) >= 11 is 0. The Kier molecular flexibility index (Phi) is 7.45. The summed E-state index contributed by atoms with van der Waals surface area (Å²) in [6.45, 7) is 6.13. The molecule has 0 saturated carbocycles. The van der Waals surface area contributed by atoms with Crippen molar-refractivity contribution < 1.29 is 33.0 Å². The first-order valence-corrected chi connectivity index (χ1v) is 10.6. The van der Waals surface area contributed by atoms with Gasteiger partial charge in [0.25, 0.3) is 0 Å². The molecule has 0 amide bonds. The number of carbonyl (C=O) groups is 3. The van der Waals surface area contributed by atoms with Gasteiger partial charge in [-0.1, -0.05) is 19.1 Å². The average Bonchev–Trinajstić information content (AvgIpc) is 2.75. The van der Waals surface area contributed by atoms with E-state index in [2.05, 4.69) is 5.32 Å². The molecule has 2 aliphatic rings. The molecule has 0 unspecified atom stereocenters. The summed E-state index contributed by atoms with van der Waals surface area (Å²) in [4.78, 5) is 39.0. The van der Waals surface area contributed by atoms with E-state index in [1.165, 1.54) is 25.3 Å². The Labute approximate surface area is 186 Å². The fourth-order valence-corrected chi connectivity index (χ4v) is 4.39. The number of rotatable bonds is 7. The van der Waals surface area contributed by atoms with E-state index in [4.69, 9.17) is 14.2 Å². The van der Waals surface area contributed by atoms with Crippen LogP contribution in [-0.2, 0) is 28.6 Å². The number of dihydropyridines is 1. The Morgan fingerprint density at radius 2 is 2.00 bits per heavy atom. The number of benzene rings is 1. The van der Waals surface area contributed by atoms with Crippen molar-refractivity contribution in [2.24, 2.45) is 11.8 Å². The highest BCUT2D eigenvalue weighted by Crippen LogP contribution is 2.45. The molecule has 172 valence electrons. The molecule has 3 atom stereocenters. The minimum atomic E-state index is -0.995. The first-order valence-electron chi connectivity index (χ1n) is 10.6. The first-order chi connectivity index (χ1) is 15.3. The summed E-state index contributed by atoms with van der Waals surface area (Å²) in [6.07, 6.45) is 0.413. The molecule has 7 nitrogen and oxygen atoms in total. The maximum absolute atomic E-state index is 14.1. The molecule has 1 aliphatic heterocycles. The number of halogens is 1. The standard InChI is InChI=1S/C24H28FNO6/c1-5-31-9-10-32-24(29)19-14(3)26-17-11-13(2)18(23(28)30-4)22(27)21(17)20(19)15-7-6-8-16(25)12-15/h6-8,12-13,18,20,26H,5,9-11H2,1-4H3/t13-,18+,20+/m0/s1. The van der Waals surface area contributed by atoms with E-state index in [0.717, 1.165) is 0 Å². The van der Waals surface area contributed by atoms with Crippen LogP contribution in [0.5, 0.6) is 0 Å². The van der Waals surface area contributed by atoms with Crippen molar-refractivity contribution in [2.45, 2.75) is 33.1 Å². The highest BCUT2D eigenvalue weighted by atomic mass is 19.1. The number of methoxy groups -OCH3 is 1. The number of esters is 2. The second kappa shape index (κ2) is 10.1. The molecule has 0 saturated heterocycles. The molecule has 1 N–H and O–H groups in total. The third kappa shape index (κ3) is 4.60. The van der Waals surface area contributed by atoms with Gasteiger partial charge in [0.1, 0.15) is 18.3 Å². The molecular weight excluding hydrogens is 417 g/mol. The molecule has 0 spiro atoms. The summed E-state index contributed by atoms with van der Waals surface area (Å²) in [7, 11) is 1.24. The Balaban J connectivity index is 2.07. The summed E-state index contributed by atoms with van der Waals surface area (Å²) in [5, 5.41) is 3.16. The van der Waals surface area contributed by atoms with Gasteiger partial charge in [0.15, 0.2) is 5.78 Å². The van der Waals surface area contributed by atoms with E-state index in [-0.39, 0.29) is 30.3 Å². The normalized spacial score (nSPS) is 22.9. The zero-order valence-corrected chi connectivity index (χ0v) is 18.7. The largest absolute Gasteiger partial charge is 0.468 e. The number of ketones is 1. The van der Waals surface area contributed by atoms with E-state index in [9.17, 15) is 18.8 Å². The number of nitrogens with one attached hydrogen (secondary N) is 1. The van der Waals surface area contributed by atoms with Gasteiger partial charge in [-0.05, 0) is 43.9 Å². The second-order valence-electron chi connectivity index (χ2n) is 7.92. The molecule has 32 heavy (non-hydrogen) atoms. The Morgan fingerprint density at radius 1 is 1.25 bits per heavy atom. The predicted molar refractivity (Wildman–Crippen MR) is 114 cm³/mol. The number of hydrogen-bond acceptors (Lipinski definition) is 7. The lowest BCUT2D eigenvalue weighted by atomic mass is 9.69. The van der Waals surface area contributed by atoms with Crippen LogP contribution in [0.15, 0.2) is 46.8 Å². The van der Waals surface area contributed by atoms with Crippen molar-refractivity contribution in [3.63, 3.8) is 0 Å². The quantitative estimate of drug-likeness (QED) is 0.392. The highest BCUT2D eigenvalue weighted by molar-refractivity contribution is 6.12. The van der Waals surface area contributed by atoms with Gasteiger partial charge in [-0.3, -0.25) is 9.59 Å². The van der Waals surface area contributed by atoms with Crippen molar-refractivity contribution in [3.05, 3.63) is 58.2 Å². The van der Waals surface area contributed by atoms with Crippen LogP contribution in [-0.4, -0.2) is 44.7 Å². The number of hydrogen-bond donors (Lipinski definition) is 1. The van der Waals surface area contributed by atoms with Crippen LogP contribution < -0.4 is 5.32 Å². The molecule has 1 aliphatic carbocycles. The number of Topliss-reactive ketones (excluding diaryl/α,β-unsaturated/α-hetero) is 1. The van der Waals surface area contributed by atoms with E-state index < -0.39 is 35.4 Å². The van der Waals surface area contributed by atoms with Crippen molar-refractivity contribution in [1.82, 2.24) is 5.32 Å². The zero-order chi connectivity index (χ0) is 23.4. The molecule has 8 heteroatoms. The van der Waals surface area contributed by atoms with E-state index in [1.54, 1.807) is 19.9 Å². The van der Waals surface area contributed by atoms with Gasteiger partial charge in [0.05, 0.1) is 19.3 Å². The molecule has 1 aromatic carbocycles. The summed E-state index contributed by atoms with van der Waals surface area (Å²) < 4.78 is 29.6. The fraction of sp³-hybridized carbons (Fsp3) is 0.458. The van der Waals surface area contributed by atoms with E-state index in [1.807, 2.05) is 6.92 Å². The van der Waals surface area contributed by atoms with Gasteiger partial charge in [-0.25, -0.2) is 9.18 Å². The van der Waals surface area contributed by atoms with Crippen LogP contribution in [0.2, 0.25) is 0 Å². The topological polar surface area (TPSA) is 90.9 Å². The Morgan fingerprint density at radius 3 is 2.66 bits per heavy atom. The number of carbonyl (C=O) groups excluding carboxylic acids is 3. The van der Waals surface area contributed by atoms with Gasteiger partial charge in [0, 0.05) is 29.5 Å². The molecule has 0 fully saturated rings. The highest BCUT2D eigenvalue weighted by Gasteiger charge is 2.47. The number of allylic oxidation sites excluding steroid dienone is 3. The van der Waals surface area contributed by atoms with E-state index >= 15 is 0 Å². The first kappa shape index (κ1) is 23.7.